The molecule has 1 unspecified atom stereocenters. The molecule has 3 aromatic rings. The number of pyridine rings is 1. The largest absolute Gasteiger partial charge is 0.368 e. The second-order valence-corrected chi connectivity index (χ2v) is 7.79. The van der Waals surface area contributed by atoms with Crippen LogP contribution in [0, 0.1) is 5.82 Å². The van der Waals surface area contributed by atoms with Crippen LogP contribution in [-0.4, -0.2) is 49.0 Å². The lowest BCUT2D eigenvalue weighted by Gasteiger charge is -2.22. The van der Waals surface area contributed by atoms with E-state index in [-0.39, 0.29) is 11.7 Å². The van der Waals surface area contributed by atoms with E-state index >= 15 is 0 Å². The van der Waals surface area contributed by atoms with Gasteiger partial charge in [0.15, 0.2) is 0 Å². The van der Waals surface area contributed by atoms with E-state index in [0.29, 0.717) is 23.0 Å². The van der Waals surface area contributed by atoms with Crippen molar-refractivity contribution in [1.82, 2.24) is 9.88 Å². The summed E-state index contributed by atoms with van der Waals surface area (Å²) in [5, 5.41) is 2.79. The molecule has 4 rings (SSSR count). The molecule has 5 nitrogen and oxygen atoms in total. The van der Waals surface area contributed by atoms with Gasteiger partial charge in [0.05, 0.1) is 5.69 Å². The van der Waals surface area contributed by atoms with Crippen molar-refractivity contribution in [2.75, 3.05) is 37.4 Å². The van der Waals surface area contributed by atoms with Gasteiger partial charge in [0.2, 0.25) is 0 Å². The van der Waals surface area contributed by atoms with Gasteiger partial charge in [-0.25, -0.2) is 4.39 Å². The fourth-order valence-electron chi connectivity index (χ4n) is 3.78. The zero-order valence-electron chi connectivity index (χ0n) is 17.2. The summed E-state index contributed by atoms with van der Waals surface area (Å²) in [5.74, 6) is -0.586. The van der Waals surface area contributed by atoms with Crippen LogP contribution in [0.5, 0.6) is 0 Å². The van der Waals surface area contributed by atoms with E-state index in [4.69, 9.17) is 0 Å². The first-order valence-corrected chi connectivity index (χ1v) is 10.0. The molecule has 1 N–H and O–H groups in total. The van der Waals surface area contributed by atoms with Gasteiger partial charge in [0.1, 0.15) is 5.82 Å². The predicted molar refractivity (Wildman–Crippen MR) is 118 cm³/mol. The average Bonchev–Trinajstić information content (AvgIpc) is 3.25. The first-order valence-electron chi connectivity index (χ1n) is 10.0. The van der Waals surface area contributed by atoms with E-state index in [1.165, 1.54) is 6.07 Å². The maximum Gasteiger partial charge on any atom is 0.255 e. The van der Waals surface area contributed by atoms with Gasteiger partial charge in [-0.2, -0.15) is 0 Å². The highest BCUT2D eigenvalue weighted by Crippen LogP contribution is 2.27. The molecule has 1 aliphatic heterocycles. The molecular weight excluding hydrogens is 379 g/mol. The van der Waals surface area contributed by atoms with Crippen molar-refractivity contribution in [1.29, 1.82) is 0 Å². The third-order valence-corrected chi connectivity index (χ3v) is 5.60. The normalized spacial score (nSPS) is 16.1. The minimum atomic E-state index is -0.319. The zero-order chi connectivity index (χ0) is 21.1. The summed E-state index contributed by atoms with van der Waals surface area (Å²) in [6.07, 6.45) is 4.48. The number of hydrogen-bond donors (Lipinski definition) is 1. The van der Waals surface area contributed by atoms with Crippen LogP contribution in [0.25, 0.3) is 11.1 Å². The average molecular weight is 404 g/mol. The molecule has 0 spiro atoms. The Hall–Kier alpha value is -3.25. The fraction of sp³-hybridized carbons (Fsp3) is 0.250. The van der Waals surface area contributed by atoms with Gasteiger partial charge >= 0.3 is 0 Å². The third kappa shape index (κ3) is 4.33. The predicted octanol–water partition coefficient (Wildman–Crippen LogP) is 4.28. The number of rotatable bonds is 5. The van der Waals surface area contributed by atoms with E-state index < -0.39 is 0 Å². The Bertz CT molecular complexity index is 1020. The molecular formula is C24H25FN4O. The maximum absolute atomic E-state index is 14.7. The van der Waals surface area contributed by atoms with Crippen molar-refractivity contribution >= 4 is 17.3 Å². The highest BCUT2D eigenvalue weighted by atomic mass is 19.1. The highest BCUT2D eigenvalue weighted by molar-refractivity contribution is 6.04. The van der Waals surface area contributed by atoms with Crippen LogP contribution in [0.3, 0.4) is 0 Å². The summed E-state index contributed by atoms with van der Waals surface area (Å²) in [7, 11) is 4.10. The minimum Gasteiger partial charge on any atom is -0.368 e. The number of carbonyl (C=O) groups excluding carboxylic acids is 1. The van der Waals surface area contributed by atoms with E-state index in [2.05, 4.69) is 20.1 Å². The lowest BCUT2D eigenvalue weighted by molar-refractivity contribution is 0.102. The Balaban J connectivity index is 1.43. The first kappa shape index (κ1) is 20.0. The Labute approximate surface area is 176 Å². The Morgan fingerprint density at radius 2 is 1.77 bits per heavy atom. The van der Waals surface area contributed by atoms with Crippen molar-refractivity contribution < 1.29 is 9.18 Å². The van der Waals surface area contributed by atoms with Crippen LogP contribution < -0.4 is 10.2 Å². The van der Waals surface area contributed by atoms with Crippen molar-refractivity contribution in [2.45, 2.75) is 12.5 Å². The molecule has 0 bridgehead atoms. The van der Waals surface area contributed by atoms with Crippen LogP contribution in [-0.2, 0) is 0 Å². The van der Waals surface area contributed by atoms with E-state index in [9.17, 15) is 9.18 Å². The van der Waals surface area contributed by atoms with Crippen LogP contribution >= 0.6 is 0 Å². The van der Waals surface area contributed by atoms with Crippen molar-refractivity contribution in [3.8, 4) is 11.1 Å². The van der Waals surface area contributed by atoms with Gasteiger partial charge in [-0.15, -0.1) is 0 Å². The van der Waals surface area contributed by atoms with E-state index in [1.54, 1.807) is 36.7 Å². The number of nitrogens with one attached hydrogen (secondary N) is 1. The van der Waals surface area contributed by atoms with Crippen LogP contribution in [0.15, 0.2) is 67.0 Å². The van der Waals surface area contributed by atoms with Crippen LogP contribution in [0.1, 0.15) is 16.8 Å². The highest BCUT2D eigenvalue weighted by Gasteiger charge is 2.25. The van der Waals surface area contributed by atoms with Gasteiger partial charge in [0, 0.05) is 42.8 Å². The van der Waals surface area contributed by atoms with Gasteiger partial charge in [0.25, 0.3) is 5.91 Å². The smallest absolute Gasteiger partial charge is 0.255 e. The number of likely N-dealkylation sites (N-methyl/N-ethyl adjacent to an activating group) is 1. The summed E-state index contributed by atoms with van der Waals surface area (Å²) in [4.78, 5) is 20.8. The molecule has 2 aromatic carbocycles. The van der Waals surface area contributed by atoms with Crippen molar-refractivity contribution in [2.24, 2.45) is 0 Å². The summed E-state index contributed by atoms with van der Waals surface area (Å²) < 4.78 is 14.7. The summed E-state index contributed by atoms with van der Waals surface area (Å²) in [6.45, 7) is 1.63. The maximum atomic E-state index is 14.7. The lowest BCUT2D eigenvalue weighted by atomic mass is 10.0. The minimum absolute atomic E-state index is 0.266. The molecule has 154 valence electrons. The number of aromatic nitrogens is 1. The number of carbonyl (C=O) groups is 1. The van der Waals surface area contributed by atoms with Gasteiger partial charge < -0.3 is 15.1 Å². The SMILES string of the molecule is CN(C)C1CCN(c2ccc(NC(=O)c3ccc(-c4ccncc4)cc3)cc2F)C1. The summed E-state index contributed by atoms with van der Waals surface area (Å²) in [6, 6.07) is 16.5. The number of halogens is 1. The molecule has 6 heteroatoms. The molecule has 0 aliphatic carbocycles. The molecule has 30 heavy (non-hydrogen) atoms. The third-order valence-electron chi connectivity index (χ3n) is 5.60. The van der Waals surface area contributed by atoms with E-state index in [0.717, 1.165) is 30.6 Å². The zero-order valence-corrected chi connectivity index (χ0v) is 17.2. The molecule has 1 saturated heterocycles. The lowest BCUT2D eigenvalue weighted by Crippen LogP contribution is -2.31. The fourth-order valence-corrected chi connectivity index (χ4v) is 3.78. The quantitative estimate of drug-likeness (QED) is 0.690. The van der Waals surface area contributed by atoms with Gasteiger partial charge in [-0.1, -0.05) is 12.1 Å². The van der Waals surface area contributed by atoms with Crippen LogP contribution in [0.2, 0.25) is 0 Å². The van der Waals surface area contributed by atoms with Gasteiger partial charge in [-0.05, 0) is 74.1 Å². The molecule has 0 saturated carbocycles. The standard InChI is InChI=1S/C24H25FN4O/c1-28(2)21-11-14-29(16-21)23-8-7-20(15-22(23)25)27-24(30)19-5-3-17(4-6-19)18-9-12-26-13-10-18/h3-10,12-13,15,21H,11,14,16H2,1-2H3,(H,27,30). The van der Waals surface area contributed by atoms with E-state index in [1.807, 2.05) is 38.4 Å². The van der Waals surface area contributed by atoms with Crippen LogP contribution in [0.4, 0.5) is 15.8 Å². The Morgan fingerprint density at radius 3 is 2.40 bits per heavy atom. The number of amides is 1. The number of nitrogens with zero attached hydrogens (tertiary/aromatic N) is 3. The molecule has 1 fully saturated rings. The van der Waals surface area contributed by atoms with Gasteiger partial charge in [-0.3, -0.25) is 9.78 Å². The topological polar surface area (TPSA) is 48.5 Å². The molecule has 0 radical (unpaired) electrons. The molecule has 1 atom stereocenters. The van der Waals surface area contributed by atoms with Crippen molar-refractivity contribution in [3.05, 3.63) is 78.4 Å². The number of hydrogen-bond acceptors (Lipinski definition) is 4. The number of benzene rings is 2. The first-order chi connectivity index (χ1) is 14.5. The van der Waals surface area contributed by atoms with Crippen molar-refractivity contribution in [3.63, 3.8) is 0 Å². The second-order valence-electron chi connectivity index (χ2n) is 7.79. The Kier molecular flexibility index (Phi) is 5.77. The molecule has 1 aromatic heterocycles. The molecule has 1 aliphatic rings. The molecule has 2 heterocycles. The summed E-state index contributed by atoms with van der Waals surface area (Å²) in [5.41, 5.74) is 3.59. The monoisotopic (exact) mass is 404 g/mol. The second kappa shape index (κ2) is 8.63. The molecule has 1 amide bonds. The summed E-state index contributed by atoms with van der Waals surface area (Å²) >= 11 is 0. The number of anilines is 2. The Morgan fingerprint density at radius 1 is 1.07 bits per heavy atom.